The standard InChI is InChI=1S/C39H52N6/c1-9-21-22(10-2)32-19-34-25(13-5)26(14-6)36(44-34)27-17-29(38(40)41)39(16-8)28(15-7)35(45-37(27)39)20-33-24(12-4)23(11-3)31(43-33)18-30(21)42-32/h18-20,28-29,42-43H,9-17H2,1-8H3,(H3,40,41)/t28-,29?,39-/m1/s1. The van der Waals surface area contributed by atoms with Crippen LogP contribution in [-0.4, -0.2) is 25.8 Å². The lowest BCUT2D eigenvalue weighted by atomic mass is 9.65. The van der Waals surface area contributed by atoms with Gasteiger partial charge < -0.3 is 15.7 Å². The number of nitrogens with two attached hydrogens (primary N) is 1. The van der Waals surface area contributed by atoms with Crippen LogP contribution in [0.25, 0.3) is 33.2 Å². The van der Waals surface area contributed by atoms with Crippen LogP contribution in [-0.2, 0) is 37.5 Å². The van der Waals surface area contributed by atoms with Crippen molar-refractivity contribution < 1.29 is 0 Å². The summed E-state index contributed by atoms with van der Waals surface area (Å²) in [7, 11) is 0. The lowest BCUT2D eigenvalue weighted by Crippen LogP contribution is -2.42. The maximum absolute atomic E-state index is 8.85. The van der Waals surface area contributed by atoms with E-state index < -0.39 is 0 Å². The quantitative estimate of drug-likeness (QED) is 0.144. The van der Waals surface area contributed by atoms with Crippen molar-refractivity contribution in [3.8, 4) is 0 Å². The fraction of sp³-hybridized carbons (Fsp3) is 0.513. The van der Waals surface area contributed by atoms with Gasteiger partial charge in [-0.15, -0.1) is 0 Å². The summed E-state index contributed by atoms with van der Waals surface area (Å²) >= 11 is 0. The number of hydrogen-bond donors (Lipinski definition) is 4. The summed E-state index contributed by atoms with van der Waals surface area (Å²) in [6, 6.07) is 6.99. The van der Waals surface area contributed by atoms with Crippen molar-refractivity contribution >= 4 is 39.0 Å². The SMILES string of the molecule is CCC1=C(CC)c2nc1cc1[nH]c(cc3[nH]c(cc4nc5c2CC(C(=N)N)[C@@]5(CC)[C@@H]4CC)c(CC)c3CC)c(CC)c1CC. The van der Waals surface area contributed by atoms with Crippen LogP contribution in [0.3, 0.4) is 0 Å². The Balaban J connectivity index is 1.88. The van der Waals surface area contributed by atoms with Gasteiger partial charge in [-0.2, -0.15) is 0 Å². The van der Waals surface area contributed by atoms with Crippen molar-refractivity contribution in [3.63, 3.8) is 0 Å². The first kappa shape index (κ1) is 31.3. The van der Waals surface area contributed by atoms with E-state index in [0.29, 0.717) is 0 Å². The summed E-state index contributed by atoms with van der Waals surface area (Å²) in [5.74, 6) is 0.379. The van der Waals surface area contributed by atoms with Gasteiger partial charge in [0.2, 0.25) is 0 Å². The summed E-state index contributed by atoms with van der Waals surface area (Å²) in [6.07, 6.45) is 8.26. The van der Waals surface area contributed by atoms with Crippen LogP contribution < -0.4 is 5.73 Å². The molecule has 0 spiro atoms. The van der Waals surface area contributed by atoms with Gasteiger partial charge in [-0.05, 0) is 109 Å². The molecule has 45 heavy (non-hydrogen) atoms. The number of H-pyrrole nitrogens is 2. The number of nitrogens with zero attached hydrogens (tertiary/aromatic N) is 2. The van der Waals surface area contributed by atoms with Crippen LogP contribution in [0.4, 0.5) is 0 Å². The second-order valence-electron chi connectivity index (χ2n) is 13.1. The molecular formula is C39H52N6. The highest BCUT2D eigenvalue weighted by Gasteiger charge is 2.57. The van der Waals surface area contributed by atoms with E-state index in [-0.39, 0.29) is 23.1 Å². The number of rotatable bonds is 9. The molecule has 238 valence electrons. The Bertz CT molecular complexity index is 1870. The fourth-order valence-corrected chi connectivity index (χ4v) is 9.42. The maximum atomic E-state index is 8.85. The fourth-order valence-electron chi connectivity index (χ4n) is 9.42. The Morgan fingerprint density at radius 1 is 0.756 bits per heavy atom. The van der Waals surface area contributed by atoms with Gasteiger partial charge in [0.05, 0.1) is 22.9 Å². The minimum atomic E-state index is -0.295. The number of allylic oxidation sites excluding steroid dienone is 2. The average molecular weight is 605 g/mol. The molecule has 0 saturated carbocycles. The molecule has 1 unspecified atom stereocenters. The Kier molecular flexibility index (Phi) is 8.30. The number of nitrogens with one attached hydrogen (secondary N) is 3. The topological polar surface area (TPSA) is 107 Å². The van der Waals surface area contributed by atoms with Crippen molar-refractivity contribution in [2.75, 3.05) is 0 Å². The Morgan fingerprint density at radius 2 is 1.29 bits per heavy atom. The van der Waals surface area contributed by atoms with E-state index in [0.717, 1.165) is 80.6 Å². The molecule has 3 aliphatic rings. The largest absolute Gasteiger partial charge is 0.387 e. The molecule has 0 fully saturated rings. The smallest absolute Gasteiger partial charge is 0.0950 e. The van der Waals surface area contributed by atoms with Crippen LogP contribution in [0.15, 0.2) is 18.2 Å². The molecule has 2 aliphatic heterocycles. The van der Waals surface area contributed by atoms with Crippen molar-refractivity contribution in [2.24, 2.45) is 11.7 Å². The molecule has 0 amide bonds. The normalized spacial score (nSPS) is 20.8. The van der Waals surface area contributed by atoms with Crippen LogP contribution in [0.1, 0.15) is 138 Å². The number of amidine groups is 1. The van der Waals surface area contributed by atoms with Crippen molar-refractivity contribution in [3.05, 3.63) is 68.8 Å². The van der Waals surface area contributed by atoms with E-state index in [9.17, 15) is 0 Å². The molecule has 8 bridgehead atoms. The van der Waals surface area contributed by atoms with Crippen molar-refractivity contribution in [2.45, 2.75) is 125 Å². The predicted molar refractivity (Wildman–Crippen MR) is 190 cm³/mol. The zero-order chi connectivity index (χ0) is 32.2. The lowest BCUT2D eigenvalue weighted by Gasteiger charge is -2.36. The van der Waals surface area contributed by atoms with Gasteiger partial charge in [-0.25, -0.2) is 4.98 Å². The van der Waals surface area contributed by atoms with Crippen molar-refractivity contribution in [1.29, 1.82) is 5.41 Å². The van der Waals surface area contributed by atoms with Crippen LogP contribution in [0.5, 0.6) is 0 Å². The van der Waals surface area contributed by atoms with Gasteiger partial charge in [-0.3, -0.25) is 10.4 Å². The highest BCUT2D eigenvalue weighted by atomic mass is 14.9. The second-order valence-corrected chi connectivity index (χ2v) is 13.1. The third kappa shape index (κ3) is 4.45. The number of aromatic nitrogens is 4. The van der Waals surface area contributed by atoms with Gasteiger partial charge in [0.1, 0.15) is 0 Å². The molecule has 3 atom stereocenters. The number of aryl methyl sites for hydroxylation is 4. The molecule has 6 heteroatoms. The van der Waals surface area contributed by atoms with E-state index in [1.807, 2.05) is 0 Å². The van der Waals surface area contributed by atoms with Crippen LogP contribution in [0, 0.1) is 11.3 Å². The van der Waals surface area contributed by atoms with Crippen LogP contribution >= 0.6 is 0 Å². The van der Waals surface area contributed by atoms with E-state index >= 15 is 0 Å². The molecule has 5 N–H and O–H groups in total. The lowest BCUT2D eigenvalue weighted by molar-refractivity contribution is 0.286. The number of fused-ring (bicyclic) bond motifs is 8. The van der Waals surface area contributed by atoms with Gasteiger partial charge >= 0.3 is 0 Å². The van der Waals surface area contributed by atoms with E-state index in [1.165, 1.54) is 61.0 Å². The van der Waals surface area contributed by atoms with Crippen LogP contribution in [0.2, 0.25) is 0 Å². The predicted octanol–water partition coefficient (Wildman–Crippen LogP) is 9.25. The van der Waals surface area contributed by atoms with E-state index in [2.05, 4.69) is 83.6 Å². The molecule has 6 rings (SSSR count). The molecular weight excluding hydrogens is 552 g/mol. The summed E-state index contributed by atoms with van der Waals surface area (Å²) in [4.78, 5) is 18.8. The summed E-state index contributed by atoms with van der Waals surface area (Å²) < 4.78 is 0. The Morgan fingerprint density at radius 3 is 1.76 bits per heavy atom. The molecule has 6 nitrogen and oxygen atoms in total. The maximum Gasteiger partial charge on any atom is 0.0950 e. The zero-order valence-electron chi connectivity index (χ0n) is 28.7. The molecule has 1 aliphatic carbocycles. The van der Waals surface area contributed by atoms with E-state index in [1.54, 1.807) is 0 Å². The van der Waals surface area contributed by atoms with Gasteiger partial charge in [-0.1, -0.05) is 55.4 Å². The highest BCUT2D eigenvalue weighted by Crippen LogP contribution is 2.58. The third-order valence-corrected chi connectivity index (χ3v) is 11.4. The summed E-state index contributed by atoms with van der Waals surface area (Å²) in [5, 5.41) is 8.85. The molecule has 3 aromatic heterocycles. The molecule has 0 aromatic carbocycles. The average Bonchev–Trinajstić information content (AvgIpc) is 3.80. The molecule has 0 radical (unpaired) electrons. The summed E-state index contributed by atoms with van der Waals surface area (Å²) in [5.41, 5.74) is 24.7. The first-order valence-corrected chi connectivity index (χ1v) is 17.6. The first-order valence-electron chi connectivity index (χ1n) is 17.6. The number of hydrogen-bond acceptors (Lipinski definition) is 3. The molecule has 0 saturated heterocycles. The second kappa shape index (κ2) is 11.9. The zero-order valence-corrected chi connectivity index (χ0v) is 28.7. The first-order chi connectivity index (χ1) is 21.8. The number of aromatic amines is 2. The van der Waals surface area contributed by atoms with Gasteiger partial charge in [0, 0.05) is 50.6 Å². The molecule has 5 heterocycles. The van der Waals surface area contributed by atoms with Gasteiger partial charge in [0.15, 0.2) is 0 Å². The highest BCUT2D eigenvalue weighted by molar-refractivity contribution is 5.95. The van der Waals surface area contributed by atoms with Crippen molar-refractivity contribution in [1.82, 2.24) is 19.9 Å². The summed E-state index contributed by atoms with van der Waals surface area (Å²) in [6.45, 7) is 18.1. The minimum Gasteiger partial charge on any atom is -0.387 e. The minimum absolute atomic E-state index is 0.0842. The van der Waals surface area contributed by atoms with E-state index in [4.69, 9.17) is 21.1 Å². The Hall–Kier alpha value is -3.67. The monoisotopic (exact) mass is 604 g/mol. The Labute approximate surface area is 268 Å². The van der Waals surface area contributed by atoms with Gasteiger partial charge in [0.25, 0.3) is 0 Å². The molecule has 3 aromatic rings. The third-order valence-electron chi connectivity index (χ3n) is 11.4.